The Morgan fingerprint density at radius 2 is 1.79 bits per heavy atom. The molecule has 10 nitrogen and oxygen atoms in total. The normalized spacial score (nSPS) is 15.2. The lowest BCUT2D eigenvalue weighted by Crippen LogP contribution is -2.47. The zero-order valence-electron chi connectivity index (χ0n) is 20.8. The van der Waals surface area contributed by atoms with E-state index in [1.165, 1.54) is 28.2 Å². The molecule has 0 amide bonds. The number of ether oxygens (including phenoxy) is 1. The van der Waals surface area contributed by atoms with Crippen molar-refractivity contribution in [2.24, 2.45) is 7.05 Å². The highest BCUT2D eigenvalue weighted by atomic mass is 32.2. The second-order valence-corrected chi connectivity index (χ2v) is 9.94. The molecular weight excluding hydrogens is 456 g/mol. The molecule has 1 fully saturated rings. The number of H-pyrrole nitrogens is 1. The summed E-state index contributed by atoms with van der Waals surface area (Å²) >= 11 is 0. The molecule has 11 heteroatoms. The molecule has 186 valence electrons. The van der Waals surface area contributed by atoms with E-state index in [1.807, 2.05) is 27.8 Å². The van der Waals surface area contributed by atoms with Gasteiger partial charge < -0.3 is 14.6 Å². The van der Waals surface area contributed by atoms with Crippen molar-refractivity contribution in [2.45, 2.75) is 38.5 Å². The maximum absolute atomic E-state index is 13.3. The molecular formula is C23H34N6O4S. The summed E-state index contributed by atoms with van der Waals surface area (Å²) in [5, 5.41) is 4.44. The molecule has 0 spiro atoms. The molecule has 1 saturated heterocycles. The van der Waals surface area contributed by atoms with Crippen molar-refractivity contribution in [3.8, 4) is 17.1 Å². The van der Waals surface area contributed by atoms with Gasteiger partial charge in [0.15, 0.2) is 5.52 Å². The minimum atomic E-state index is -3.69. The van der Waals surface area contributed by atoms with Gasteiger partial charge in [-0.05, 0) is 31.7 Å². The van der Waals surface area contributed by atoms with E-state index in [2.05, 4.69) is 20.0 Å². The van der Waals surface area contributed by atoms with E-state index in [9.17, 15) is 13.2 Å². The molecule has 1 aromatic carbocycles. The maximum Gasteiger partial charge on any atom is 0.277 e. The number of aryl methyl sites for hydroxylation is 2. The van der Waals surface area contributed by atoms with Crippen LogP contribution in [-0.2, 0) is 23.5 Å². The van der Waals surface area contributed by atoms with Crippen LogP contribution in [0.4, 0.5) is 0 Å². The summed E-state index contributed by atoms with van der Waals surface area (Å²) in [6.45, 7) is 8.24. The molecule has 0 aliphatic carbocycles. The molecule has 0 saturated carbocycles. The molecule has 0 radical (unpaired) electrons. The first-order chi connectivity index (χ1) is 16.3. The monoisotopic (exact) mass is 490 g/mol. The third-order valence-electron chi connectivity index (χ3n) is 5.78. The fraction of sp³-hybridized carbons (Fsp3) is 0.522. The number of sulfonamides is 1. The highest BCUT2D eigenvalue weighted by Crippen LogP contribution is 2.32. The van der Waals surface area contributed by atoms with Crippen LogP contribution in [0, 0.1) is 0 Å². The lowest BCUT2D eigenvalue weighted by Gasteiger charge is -2.31. The van der Waals surface area contributed by atoms with Gasteiger partial charge in [-0.3, -0.25) is 9.48 Å². The van der Waals surface area contributed by atoms with Gasteiger partial charge in [0.2, 0.25) is 10.0 Å². The van der Waals surface area contributed by atoms with Crippen LogP contribution in [0.15, 0.2) is 27.9 Å². The molecule has 1 N–H and O–H groups in total. The summed E-state index contributed by atoms with van der Waals surface area (Å²) in [6.07, 6.45) is 1.54. The second-order valence-electron chi connectivity index (χ2n) is 8.00. The zero-order valence-corrected chi connectivity index (χ0v) is 21.6. The number of aromatic nitrogens is 4. The molecule has 3 heterocycles. The van der Waals surface area contributed by atoms with Gasteiger partial charge in [-0.15, -0.1) is 0 Å². The number of benzene rings is 1. The summed E-state index contributed by atoms with van der Waals surface area (Å²) in [7, 11) is 1.49. The van der Waals surface area contributed by atoms with E-state index in [-0.39, 0.29) is 16.3 Å². The Morgan fingerprint density at radius 1 is 1.12 bits per heavy atom. The number of methoxy groups -OCH3 is 1. The summed E-state index contributed by atoms with van der Waals surface area (Å²) in [5.74, 6) is 0.672. The Hall–Kier alpha value is -2.76. The average molecular weight is 491 g/mol. The van der Waals surface area contributed by atoms with Gasteiger partial charge in [-0.1, -0.05) is 27.2 Å². The van der Waals surface area contributed by atoms with Crippen LogP contribution in [0.5, 0.6) is 5.75 Å². The first kappa shape index (κ1) is 25.9. The molecule has 1 aliphatic heterocycles. The first-order valence-corrected chi connectivity index (χ1v) is 13.0. The summed E-state index contributed by atoms with van der Waals surface area (Å²) < 4.78 is 35.0. The van der Waals surface area contributed by atoms with Gasteiger partial charge in [-0.25, -0.2) is 13.4 Å². The molecule has 4 rings (SSSR count). The standard InChI is InChI=1S/C21H28N6O4S.C2H6/c1-5-6-16-18-19(26(3)24-16)21(28)23-20(22-18)15-13-14(7-8-17(15)31-4)32(29,30)27-11-9-25(2)10-12-27;1-2/h7-8,13H,5-6,9-12H2,1-4H3,(H,22,23,28);1-2H3. The van der Waals surface area contributed by atoms with Gasteiger partial charge in [-0.2, -0.15) is 9.40 Å². The van der Waals surface area contributed by atoms with Crippen LogP contribution >= 0.6 is 0 Å². The fourth-order valence-electron chi connectivity index (χ4n) is 3.99. The van der Waals surface area contributed by atoms with Crippen molar-refractivity contribution in [3.05, 3.63) is 34.2 Å². The van der Waals surface area contributed by atoms with E-state index < -0.39 is 10.0 Å². The minimum absolute atomic E-state index is 0.139. The van der Waals surface area contributed by atoms with Gasteiger partial charge in [0.25, 0.3) is 5.56 Å². The predicted octanol–water partition coefficient (Wildman–Crippen LogP) is 2.25. The number of rotatable bonds is 6. The van der Waals surface area contributed by atoms with Crippen molar-refractivity contribution < 1.29 is 13.2 Å². The van der Waals surface area contributed by atoms with Crippen LogP contribution in [0.2, 0.25) is 0 Å². The van der Waals surface area contributed by atoms with E-state index in [0.717, 1.165) is 12.1 Å². The topological polar surface area (TPSA) is 113 Å². The quantitative estimate of drug-likeness (QED) is 0.564. The summed E-state index contributed by atoms with van der Waals surface area (Å²) in [6, 6.07) is 4.64. The SMILES string of the molecule is CC.CCCc1nn(C)c2c(=O)[nH]c(-c3cc(S(=O)(=O)N4CCN(C)CC4)ccc3OC)nc12. The summed E-state index contributed by atoms with van der Waals surface area (Å²) in [5.41, 5.74) is 1.71. The van der Waals surface area contributed by atoms with Crippen LogP contribution in [0.3, 0.4) is 0 Å². The molecule has 2 aromatic heterocycles. The lowest BCUT2D eigenvalue weighted by molar-refractivity contribution is 0.222. The largest absolute Gasteiger partial charge is 0.496 e. The molecule has 3 aromatic rings. The van der Waals surface area contributed by atoms with Crippen molar-refractivity contribution >= 4 is 21.1 Å². The highest BCUT2D eigenvalue weighted by molar-refractivity contribution is 7.89. The first-order valence-electron chi connectivity index (χ1n) is 11.6. The smallest absolute Gasteiger partial charge is 0.277 e. The number of hydrogen-bond acceptors (Lipinski definition) is 7. The number of piperazine rings is 1. The second kappa shape index (κ2) is 10.7. The number of aromatic amines is 1. The number of nitrogens with zero attached hydrogens (tertiary/aromatic N) is 5. The highest BCUT2D eigenvalue weighted by Gasteiger charge is 2.28. The number of hydrogen-bond donors (Lipinski definition) is 1. The molecule has 0 atom stereocenters. The zero-order chi connectivity index (χ0) is 25.0. The Bertz CT molecular complexity index is 1310. The number of nitrogens with one attached hydrogen (secondary N) is 1. The molecule has 0 bridgehead atoms. The van der Waals surface area contributed by atoms with Gasteiger partial charge in [0, 0.05) is 33.2 Å². The minimum Gasteiger partial charge on any atom is -0.496 e. The fourth-order valence-corrected chi connectivity index (χ4v) is 5.44. The van der Waals surface area contributed by atoms with Crippen LogP contribution < -0.4 is 10.3 Å². The van der Waals surface area contributed by atoms with Crippen molar-refractivity contribution in [2.75, 3.05) is 40.3 Å². The summed E-state index contributed by atoms with van der Waals surface area (Å²) in [4.78, 5) is 22.5. The number of likely N-dealkylation sites (N-methyl/N-ethyl adjacent to an activating group) is 1. The third-order valence-corrected chi connectivity index (χ3v) is 7.67. The van der Waals surface area contributed by atoms with Crippen LogP contribution in [0.1, 0.15) is 32.9 Å². The average Bonchev–Trinajstić information content (AvgIpc) is 3.16. The molecule has 34 heavy (non-hydrogen) atoms. The Kier molecular flexibility index (Phi) is 8.11. The van der Waals surface area contributed by atoms with Crippen molar-refractivity contribution in [1.29, 1.82) is 0 Å². The van der Waals surface area contributed by atoms with Crippen LogP contribution in [0.25, 0.3) is 22.4 Å². The van der Waals surface area contributed by atoms with E-state index >= 15 is 0 Å². The van der Waals surface area contributed by atoms with Crippen molar-refractivity contribution in [3.63, 3.8) is 0 Å². The van der Waals surface area contributed by atoms with Gasteiger partial charge in [0.05, 0.1) is 23.3 Å². The van der Waals surface area contributed by atoms with E-state index in [1.54, 1.807) is 13.1 Å². The lowest BCUT2D eigenvalue weighted by atomic mass is 10.1. The predicted molar refractivity (Wildman–Crippen MR) is 133 cm³/mol. The third kappa shape index (κ3) is 4.86. The van der Waals surface area contributed by atoms with Gasteiger partial charge in [0.1, 0.15) is 17.1 Å². The Labute approximate surface area is 200 Å². The van der Waals surface area contributed by atoms with Crippen LogP contribution in [-0.4, -0.2) is 77.7 Å². The van der Waals surface area contributed by atoms with Gasteiger partial charge >= 0.3 is 0 Å². The Balaban J connectivity index is 0.00000158. The molecule has 0 unspecified atom stereocenters. The Morgan fingerprint density at radius 3 is 2.41 bits per heavy atom. The van der Waals surface area contributed by atoms with E-state index in [0.29, 0.717) is 54.9 Å². The van der Waals surface area contributed by atoms with Crippen molar-refractivity contribution in [1.82, 2.24) is 29.0 Å². The maximum atomic E-state index is 13.3. The molecule has 1 aliphatic rings. The number of fused-ring (bicyclic) bond motifs is 1. The van der Waals surface area contributed by atoms with E-state index in [4.69, 9.17) is 4.74 Å².